The molecule has 1 aliphatic rings. The molecule has 0 radical (unpaired) electrons. The summed E-state index contributed by atoms with van der Waals surface area (Å²) in [5.41, 5.74) is 8.52. The molecule has 1 saturated carbocycles. The minimum absolute atomic E-state index is 0.356. The number of para-hydroxylation sites is 2. The summed E-state index contributed by atoms with van der Waals surface area (Å²) in [7, 11) is 0. The number of hydrogen-bond donors (Lipinski definition) is 1. The number of hydrogen-bond acceptors (Lipinski definition) is 2. The molecule has 1 aromatic carbocycles. The van der Waals surface area contributed by atoms with Crippen LogP contribution >= 0.6 is 0 Å². The van der Waals surface area contributed by atoms with Crippen LogP contribution < -0.4 is 5.73 Å². The van der Waals surface area contributed by atoms with Crippen molar-refractivity contribution in [3.8, 4) is 0 Å². The summed E-state index contributed by atoms with van der Waals surface area (Å²) in [5, 5.41) is 0. The van der Waals surface area contributed by atoms with E-state index in [0.717, 1.165) is 18.4 Å². The summed E-state index contributed by atoms with van der Waals surface area (Å²) in [6, 6.07) is 9.34. The fourth-order valence-electron chi connectivity index (χ4n) is 3.19. The van der Waals surface area contributed by atoms with E-state index in [0.29, 0.717) is 12.1 Å². The number of aryl methyl sites for hydroxylation is 1. The van der Waals surface area contributed by atoms with Crippen LogP contribution in [0.2, 0.25) is 0 Å². The van der Waals surface area contributed by atoms with Crippen molar-refractivity contribution in [2.45, 2.75) is 51.1 Å². The molecule has 2 N–H and O–H groups in total. The molecule has 2 aromatic rings. The topological polar surface area (TPSA) is 43.8 Å². The van der Waals surface area contributed by atoms with Crippen LogP contribution in [-0.2, 0) is 6.42 Å². The molecule has 3 rings (SSSR count). The second kappa shape index (κ2) is 4.73. The maximum atomic E-state index is 6.13. The first-order valence-electron chi connectivity index (χ1n) is 7.01. The van der Waals surface area contributed by atoms with Gasteiger partial charge < -0.3 is 10.3 Å². The Morgan fingerprint density at radius 1 is 1.33 bits per heavy atom. The average Bonchev–Trinajstić information content (AvgIpc) is 2.77. The van der Waals surface area contributed by atoms with Crippen molar-refractivity contribution in [1.29, 1.82) is 0 Å². The normalized spacial score (nSPS) is 24.6. The summed E-state index contributed by atoms with van der Waals surface area (Å²) in [4.78, 5) is 4.75. The number of fused-ring (bicyclic) bond motifs is 1. The van der Waals surface area contributed by atoms with Crippen LogP contribution in [0.4, 0.5) is 0 Å². The predicted molar refractivity (Wildman–Crippen MR) is 74.6 cm³/mol. The molecule has 1 aromatic heterocycles. The minimum atomic E-state index is 0.356. The number of rotatable bonds is 2. The van der Waals surface area contributed by atoms with Gasteiger partial charge in [0.05, 0.1) is 11.0 Å². The number of imidazole rings is 1. The second-order valence-corrected chi connectivity index (χ2v) is 5.32. The van der Waals surface area contributed by atoms with Gasteiger partial charge in [0.25, 0.3) is 0 Å². The molecule has 0 spiro atoms. The highest BCUT2D eigenvalue weighted by molar-refractivity contribution is 5.76. The molecular weight excluding hydrogens is 222 g/mol. The van der Waals surface area contributed by atoms with E-state index >= 15 is 0 Å². The van der Waals surface area contributed by atoms with Gasteiger partial charge in [0.15, 0.2) is 0 Å². The largest absolute Gasteiger partial charge is 0.328 e. The van der Waals surface area contributed by atoms with Crippen LogP contribution in [0, 0.1) is 0 Å². The van der Waals surface area contributed by atoms with E-state index in [2.05, 4.69) is 35.8 Å². The van der Waals surface area contributed by atoms with E-state index in [1.54, 1.807) is 0 Å². The second-order valence-electron chi connectivity index (χ2n) is 5.32. The Balaban J connectivity index is 2.08. The average molecular weight is 243 g/mol. The molecule has 1 fully saturated rings. The zero-order valence-corrected chi connectivity index (χ0v) is 11.0. The lowest BCUT2D eigenvalue weighted by atomic mass is 9.91. The minimum Gasteiger partial charge on any atom is -0.328 e. The molecule has 0 aliphatic heterocycles. The SMILES string of the molecule is CCc1nc2ccccc2n1C1CCCC(N)C1. The molecule has 2 atom stereocenters. The van der Waals surface area contributed by atoms with Gasteiger partial charge in [-0.3, -0.25) is 0 Å². The van der Waals surface area contributed by atoms with Crippen molar-refractivity contribution < 1.29 is 0 Å². The van der Waals surface area contributed by atoms with E-state index in [4.69, 9.17) is 10.7 Å². The number of nitrogens with zero attached hydrogens (tertiary/aromatic N) is 2. The lowest BCUT2D eigenvalue weighted by molar-refractivity contribution is 0.320. The molecule has 0 bridgehead atoms. The van der Waals surface area contributed by atoms with Crippen molar-refractivity contribution >= 4 is 11.0 Å². The van der Waals surface area contributed by atoms with E-state index in [1.165, 1.54) is 30.6 Å². The van der Waals surface area contributed by atoms with Crippen LogP contribution in [0.1, 0.15) is 44.5 Å². The first-order chi connectivity index (χ1) is 8.79. The van der Waals surface area contributed by atoms with Crippen LogP contribution in [0.25, 0.3) is 11.0 Å². The molecule has 3 nitrogen and oxygen atoms in total. The highest BCUT2D eigenvalue weighted by Gasteiger charge is 2.23. The Hall–Kier alpha value is -1.35. The maximum absolute atomic E-state index is 6.13. The summed E-state index contributed by atoms with van der Waals surface area (Å²) in [6.07, 6.45) is 5.72. The highest BCUT2D eigenvalue weighted by Crippen LogP contribution is 2.32. The summed E-state index contributed by atoms with van der Waals surface area (Å²) < 4.78 is 2.44. The van der Waals surface area contributed by atoms with Gasteiger partial charge in [0.2, 0.25) is 0 Å². The maximum Gasteiger partial charge on any atom is 0.109 e. The Morgan fingerprint density at radius 2 is 2.17 bits per heavy atom. The van der Waals surface area contributed by atoms with Crippen molar-refractivity contribution in [2.75, 3.05) is 0 Å². The van der Waals surface area contributed by atoms with Gasteiger partial charge in [0, 0.05) is 18.5 Å². The highest BCUT2D eigenvalue weighted by atomic mass is 15.1. The van der Waals surface area contributed by atoms with E-state index < -0.39 is 0 Å². The third kappa shape index (κ3) is 1.93. The first-order valence-corrected chi connectivity index (χ1v) is 7.01. The Kier molecular flexibility index (Phi) is 3.08. The van der Waals surface area contributed by atoms with Gasteiger partial charge in [-0.1, -0.05) is 19.1 Å². The van der Waals surface area contributed by atoms with Gasteiger partial charge in [-0.05, 0) is 37.8 Å². The van der Waals surface area contributed by atoms with Crippen molar-refractivity contribution in [3.05, 3.63) is 30.1 Å². The lowest BCUT2D eigenvalue weighted by Crippen LogP contribution is -2.29. The van der Waals surface area contributed by atoms with Crippen molar-refractivity contribution in [2.24, 2.45) is 5.73 Å². The van der Waals surface area contributed by atoms with E-state index in [-0.39, 0.29) is 0 Å². The molecule has 18 heavy (non-hydrogen) atoms. The fourth-order valence-corrected chi connectivity index (χ4v) is 3.19. The van der Waals surface area contributed by atoms with Gasteiger partial charge in [-0.15, -0.1) is 0 Å². The number of aromatic nitrogens is 2. The van der Waals surface area contributed by atoms with Crippen LogP contribution in [0.3, 0.4) is 0 Å². The molecule has 2 unspecified atom stereocenters. The third-order valence-electron chi connectivity index (χ3n) is 4.04. The molecule has 0 amide bonds. The van der Waals surface area contributed by atoms with Crippen molar-refractivity contribution in [1.82, 2.24) is 9.55 Å². The van der Waals surface area contributed by atoms with Gasteiger partial charge in [0.1, 0.15) is 5.82 Å². The Morgan fingerprint density at radius 3 is 2.94 bits per heavy atom. The molecule has 1 heterocycles. The van der Waals surface area contributed by atoms with Crippen molar-refractivity contribution in [3.63, 3.8) is 0 Å². The lowest BCUT2D eigenvalue weighted by Gasteiger charge is -2.29. The summed E-state index contributed by atoms with van der Waals surface area (Å²) in [6.45, 7) is 2.18. The quantitative estimate of drug-likeness (QED) is 0.881. The zero-order chi connectivity index (χ0) is 12.5. The number of nitrogens with two attached hydrogens (primary N) is 1. The summed E-state index contributed by atoms with van der Waals surface area (Å²) in [5.74, 6) is 1.20. The third-order valence-corrected chi connectivity index (χ3v) is 4.04. The molecule has 96 valence electrons. The van der Waals surface area contributed by atoms with Crippen LogP contribution in [0.5, 0.6) is 0 Å². The Labute approximate surface area is 108 Å². The van der Waals surface area contributed by atoms with Crippen LogP contribution in [-0.4, -0.2) is 15.6 Å². The van der Waals surface area contributed by atoms with E-state index in [9.17, 15) is 0 Å². The smallest absolute Gasteiger partial charge is 0.109 e. The molecule has 1 aliphatic carbocycles. The molecule has 0 saturated heterocycles. The van der Waals surface area contributed by atoms with E-state index in [1.807, 2.05) is 0 Å². The molecule has 3 heteroatoms. The van der Waals surface area contributed by atoms with Gasteiger partial charge >= 0.3 is 0 Å². The number of benzene rings is 1. The van der Waals surface area contributed by atoms with Gasteiger partial charge in [-0.25, -0.2) is 4.98 Å². The summed E-state index contributed by atoms with van der Waals surface area (Å²) >= 11 is 0. The predicted octanol–water partition coefficient (Wildman–Crippen LogP) is 3.04. The van der Waals surface area contributed by atoms with Gasteiger partial charge in [-0.2, -0.15) is 0 Å². The standard InChI is InChI=1S/C15H21N3/c1-2-15-17-13-8-3-4-9-14(13)18(15)12-7-5-6-11(16)10-12/h3-4,8-9,11-12H,2,5-7,10,16H2,1H3. The first kappa shape index (κ1) is 11.7. The zero-order valence-electron chi connectivity index (χ0n) is 11.0. The Bertz CT molecular complexity index is 544. The fraction of sp³-hybridized carbons (Fsp3) is 0.533. The monoisotopic (exact) mass is 243 g/mol. The van der Waals surface area contributed by atoms with Crippen LogP contribution in [0.15, 0.2) is 24.3 Å². The molecular formula is C15H21N3.